The lowest BCUT2D eigenvalue weighted by Crippen LogP contribution is -2.35. The van der Waals surface area contributed by atoms with E-state index < -0.39 is 0 Å². The van der Waals surface area contributed by atoms with Crippen LogP contribution in [0.3, 0.4) is 0 Å². The predicted octanol–water partition coefficient (Wildman–Crippen LogP) is 3.07. The normalized spacial score (nSPS) is 21.0. The molecule has 1 saturated heterocycles. The number of piperidine rings is 1. The van der Waals surface area contributed by atoms with Crippen LogP contribution < -0.4 is 0 Å². The summed E-state index contributed by atoms with van der Waals surface area (Å²) in [5.41, 5.74) is 2.10. The monoisotopic (exact) mass is 286 g/mol. The highest BCUT2D eigenvalue weighted by molar-refractivity contribution is 5.71. The highest BCUT2D eigenvalue weighted by Gasteiger charge is 2.26. The van der Waals surface area contributed by atoms with E-state index in [1.807, 2.05) is 12.3 Å². The minimum atomic E-state index is 0.0429. The van der Waals surface area contributed by atoms with Crippen molar-refractivity contribution in [3.05, 3.63) is 24.2 Å². The first kappa shape index (κ1) is 14.5. The summed E-state index contributed by atoms with van der Waals surface area (Å²) in [7, 11) is 2.22. The maximum Gasteiger partial charge on any atom is 0.160 e. The van der Waals surface area contributed by atoms with E-state index in [-0.39, 0.29) is 5.41 Å². The summed E-state index contributed by atoms with van der Waals surface area (Å²) >= 11 is 0. The van der Waals surface area contributed by atoms with Gasteiger partial charge in [-0.1, -0.05) is 20.8 Å². The van der Waals surface area contributed by atoms with Crippen LogP contribution in [0.4, 0.5) is 0 Å². The van der Waals surface area contributed by atoms with Crippen molar-refractivity contribution < 1.29 is 0 Å². The van der Waals surface area contributed by atoms with E-state index >= 15 is 0 Å². The van der Waals surface area contributed by atoms with E-state index in [2.05, 4.69) is 48.3 Å². The second-order valence-corrected chi connectivity index (χ2v) is 7.41. The summed E-state index contributed by atoms with van der Waals surface area (Å²) in [5, 5.41) is 0. The van der Waals surface area contributed by atoms with Crippen molar-refractivity contribution in [2.45, 2.75) is 45.6 Å². The molecule has 1 atom stereocenters. The molecule has 0 aromatic carbocycles. The van der Waals surface area contributed by atoms with Gasteiger partial charge in [-0.25, -0.2) is 9.97 Å². The van der Waals surface area contributed by atoms with Gasteiger partial charge in [-0.05, 0) is 44.5 Å². The third-order valence-corrected chi connectivity index (χ3v) is 4.34. The standard InChI is InChI=1S/C17H26N4/c1-17(2,3)16-19-14-8-5-9-18-15(14)21(16)12-13-7-6-10-20(4)11-13/h5,8-9,13H,6-7,10-12H2,1-4H3. The lowest BCUT2D eigenvalue weighted by atomic mass is 9.94. The van der Waals surface area contributed by atoms with Crippen LogP contribution in [0.2, 0.25) is 0 Å². The van der Waals surface area contributed by atoms with Crippen molar-refractivity contribution in [1.29, 1.82) is 0 Å². The van der Waals surface area contributed by atoms with Gasteiger partial charge in [0.2, 0.25) is 0 Å². The molecule has 0 amide bonds. The van der Waals surface area contributed by atoms with Gasteiger partial charge in [0.1, 0.15) is 11.3 Å². The molecule has 3 rings (SSSR count). The highest BCUT2D eigenvalue weighted by Crippen LogP contribution is 2.27. The second-order valence-electron chi connectivity index (χ2n) is 7.41. The lowest BCUT2D eigenvalue weighted by molar-refractivity contribution is 0.193. The van der Waals surface area contributed by atoms with Crippen molar-refractivity contribution in [2.24, 2.45) is 5.92 Å². The third-order valence-electron chi connectivity index (χ3n) is 4.34. The van der Waals surface area contributed by atoms with Crippen molar-refractivity contribution in [1.82, 2.24) is 19.4 Å². The van der Waals surface area contributed by atoms with Crippen LogP contribution in [-0.2, 0) is 12.0 Å². The van der Waals surface area contributed by atoms with E-state index in [0.29, 0.717) is 5.92 Å². The third kappa shape index (κ3) is 2.95. The molecule has 0 N–H and O–H groups in total. The molecule has 4 heteroatoms. The molecule has 1 unspecified atom stereocenters. The van der Waals surface area contributed by atoms with Crippen LogP contribution in [-0.4, -0.2) is 39.6 Å². The first-order valence-corrected chi connectivity index (χ1v) is 7.95. The molecule has 2 aromatic rings. The minimum Gasteiger partial charge on any atom is -0.312 e. The summed E-state index contributed by atoms with van der Waals surface area (Å²) in [4.78, 5) is 11.9. The van der Waals surface area contributed by atoms with E-state index in [1.165, 1.54) is 25.9 Å². The number of nitrogens with zero attached hydrogens (tertiary/aromatic N) is 4. The zero-order chi connectivity index (χ0) is 15.0. The Morgan fingerprint density at radius 1 is 1.33 bits per heavy atom. The molecule has 1 aliphatic heterocycles. The maximum atomic E-state index is 4.86. The molecule has 0 bridgehead atoms. The average Bonchev–Trinajstić information content (AvgIpc) is 2.78. The van der Waals surface area contributed by atoms with Crippen LogP contribution in [0.5, 0.6) is 0 Å². The van der Waals surface area contributed by atoms with Gasteiger partial charge in [0, 0.05) is 24.7 Å². The van der Waals surface area contributed by atoms with Crippen molar-refractivity contribution in [3.8, 4) is 0 Å². The van der Waals surface area contributed by atoms with Gasteiger partial charge >= 0.3 is 0 Å². The smallest absolute Gasteiger partial charge is 0.160 e. The number of hydrogen-bond donors (Lipinski definition) is 0. The molecule has 0 saturated carbocycles. The summed E-state index contributed by atoms with van der Waals surface area (Å²) in [6.45, 7) is 10.1. The van der Waals surface area contributed by atoms with Crippen LogP contribution in [0, 0.1) is 5.92 Å². The molecule has 21 heavy (non-hydrogen) atoms. The van der Waals surface area contributed by atoms with E-state index in [1.54, 1.807) is 0 Å². The predicted molar refractivity (Wildman–Crippen MR) is 86.4 cm³/mol. The SMILES string of the molecule is CN1CCCC(Cn2c(C(C)(C)C)nc3cccnc32)C1. The van der Waals surface area contributed by atoms with E-state index in [0.717, 1.165) is 23.5 Å². The zero-order valence-electron chi connectivity index (χ0n) is 13.6. The molecule has 0 aliphatic carbocycles. The zero-order valence-corrected chi connectivity index (χ0v) is 13.6. The second kappa shape index (κ2) is 5.41. The van der Waals surface area contributed by atoms with Gasteiger partial charge in [-0.2, -0.15) is 0 Å². The molecular formula is C17H26N4. The maximum absolute atomic E-state index is 4.86. The molecule has 1 aliphatic rings. The van der Waals surface area contributed by atoms with Crippen LogP contribution in [0.25, 0.3) is 11.2 Å². The highest BCUT2D eigenvalue weighted by atomic mass is 15.2. The number of fused-ring (bicyclic) bond motifs is 1. The van der Waals surface area contributed by atoms with Gasteiger partial charge in [0.25, 0.3) is 0 Å². The molecule has 1 fully saturated rings. The Morgan fingerprint density at radius 2 is 2.14 bits per heavy atom. The molecule has 0 radical (unpaired) electrons. The Kier molecular flexibility index (Phi) is 3.74. The number of hydrogen-bond acceptors (Lipinski definition) is 3. The average molecular weight is 286 g/mol. The first-order chi connectivity index (χ1) is 9.95. The topological polar surface area (TPSA) is 34.0 Å². The fourth-order valence-corrected chi connectivity index (χ4v) is 3.38. The number of aromatic nitrogens is 3. The van der Waals surface area contributed by atoms with Gasteiger partial charge in [-0.15, -0.1) is 0 Å². The van der Waals surface area contributed by atoms with Crippen molar-refractivity contribution >= 4 is 11.2 Å². The number of rotatable bonds is 2. The largest absolute Gasteiger partial charge is 0.312 e. The van der Waals surface area contributed by atoms with Gasteiger partial charge in [0.15, 0.2) is 5.65 Å². The fourth-order valence-electron chi connectivity index (χ4n) is 3.38. The Morgan fingerprint density at radius 3 is 2.86 bits per heavy atom. The Labute approximate surface area is 127 Å². The number of pyridine rings is 1. The quantitative estimate of drug-likeness (QED) is 0.851. The Balaban J connectivity index is 1.99. The molecular weight excluding hydrogens is 260 g/mol. The number of imidazole rings is 1. The Hall–Kier alpha value is -1.42. The van der Waals surface area contributed by atoms with Crippen LogP contribution in [0.1, 0.15) is 39.4 Å². The summed E-state index contributed by atoms with van der Waals surface area (Å²) in [6, 6.07) is 4.04. The van der Waals surface area contributed by atoms with E-state index in [4.69, 9.17) is 4.98 Å². The Bertz CT molecular complexity index is 623. The fraction of sp³-hybridized carbons (Fsp3) is 0.647. The molecule has 2 aromatic heterocycles. The minimum absolute atomic E-state index is 0.0429. The molecule has 4 nitrogen and oxygen atoms in total. The molecule has 3 heterocycles. The summed E-state index contributed by atoms with van der Waals surface area (Å²) in [6.07, 6.45) is 4.48. The van der Waals surface area contributed by atoms with Crippen molar-refractivity contribution in [3.63, 3.8) is 0 Å². The molecule has 114 valence electrons. The van der Waals surface area contributed by atoms with Gasteiger partial charge in [-0.3, -0.25) is 0 Å². The number of likely N-dealkylation sites (tertiary alicyclic amines) is 1. The molecule has 0 spiro atoms. The van der Waals surface area contributed by atoms with Crippen LogP contribution >= 0.6 is 0 Å². The van der Waals surface area contributed by atoms with Gasteiger partial charge < -0.3 is 9.47 Å². The van der Waals surface area contributed by atoms with E-state index in [9.17, 15) is 0 Å². The first-order valence-electron chi connectivity index (χ1n) is 7.95. The lowest BCUT2D eigenvalue weighted by Gasteiger charge is -2.31. The van der Waals surface area contributed by atoms with Crippen molar-refractivity contribution in [2.75, 3.05) is 20.1 Å². The van der Waals surface area contributed by atoms with Gasteiger partial charge in [0.05, 0.1) is 0 Å². The van der Waals surface area contributed by atoms with Crippen LogP contribution in [0.15, 0.2) is 18.3 Å². The summed E-state index contributed by atoms with van der Waals surface area (Å²) < 4.78 is 2.36. The summed E-state index contributed by atoms with van der Waals surface area (Å²) in [5.74, 6) is 1.86.